The Labute approximate surface area is 181 Å². The molecule has 0 spiro atoms. The first-order valence-corrected chi connectivity index (χ1v) is 10.2. The van der Waals surface area contributed by atoms with E-state index in [0.717, 1.165) is 70.9 Å². The molecule has 1 aromatic rings. The summed E-state index contributed by atoms with van der Waals surface area (Å²) in [5.41, 5.74) is 2.65. The Morgan fingerprint density at radius 2 is 1.70 bits per heavy atom. The normalized spacial score (nSPS) is 19.6. The molecule has 0 saturated carbocycles. The highest BCUT2D eigenvalue weighted by Gasteiger charge is 2.18. The highest BCUT2D eigenvalue weighted by Crippen LogP contribution is 2.16. The SMILES string of the molecule is CCNC(=NCc1ccc(CN2CCOCC2)cc1)N1CCC(C)CC1.I. The van der Waals surface area contributed by atoms with Crippen molar-refractivity contribution in [3.05, 3.63) is 35.4 Å². The molecule has 2 aliphatic rings. The Kier molecular flexibility index (Phi) is 9.86. The van der Waals surface area contributed by atoms with E-state index in [4.69, 9.17) is 9.73 Å². The van der Waals surface area contributed by atoms with Crippen LogP contribution in [0.4, 0.5) is 0 Å². The largest absolute Gasteiger partial charge is 0.379 e. The van der Waals surface area contributed by atoms with Gasteiger partial charge in [-0.2, -0.15) is 0 Å². The van der Waals surface area contributed by atoms with Crippen LogP contribution in [-0.2, 0) is 17.8 Å². The van der Waals surface area contributed by atoms with Gasteiger partial charge in [0.05, 0.1) is 19.8 Å². The predicted molar refractivity (Wildman–Crippen MR) is 123 cm³/mol. The number of guanidine groups is 1. The van der Waals surface area contributed by atoms with E-state index >= 15 is 0 Å². The lowest BCUT2D eigenvalue weighted by molar-refractivity contribution is 0.0342. The number of nitrogens with one attached hydrogen (secondary N) is 1. The van der Waals surface area contributed by atoms with Gasteiger partial charge in [0.2, 0.25) is 0 Å². The van der Waals surface area contributed by atoms with Crippen molar-refractivity contribution in [3.8, 4) is 0 Å². The highest BCUT2D eigenvalue weighted by molar-refractivity contribution is 14.0. The molecule has 3 rings (SSSR count). The minimum atomic E-state index is 0. The summed E-state index contributed by atoms with van der Waals surface area (Å²) in [7, 11) is 0. The standard InChI is InChI=1S/C21H34N4O.HI/c1-3-22-21(25-10-8-18(2)9-11-25)23-16-19-4-6-20(7-5-19)17-24-12-14-26-15-13-24;/h4-7,18H,3,8-17H2,1-2H3,(H,22,23);1H. The molecular weight excluding hydrogens is 451 g/mol. The van der Waals surface area contributed by atoms with Crippen molar-refractivity contribution in [1.29, 1.82) is 0 Å². The van der Waals surface area contributed by atoms with E-state index < -0.39 is 0 Å². The van der Waals surface area contributed by atoms with Crippen molar-refractivity contribution in [2.24, 2.45) is 10.9 Å². The van der Waals surface area contributed by atoms with Crippen molar-refractivity contribution in [1.82, 2.24) is 15.1 Å². The number of hydrogen-bond donors (Lipinski definition) is 1. The molecule has 27 heavy (non-hydrogen) atoms. The average Bonchev–Trinajstić information content (AvgIpc) is 2.68. The fraction of sp³-hybridized carbons (Fsp3) is 0.667. The third-order valence-corrected chi connectivity index (χ3v) is 5.36. The molecule has 5 nitrogen and oxygen atoms in total. The van der Waals surface area contributed by atoms with Gasteiger partial charge in [0.25, 0.3) is 0 Å². The van der Waals surface area contributed by atoms with Gasteiger partial charge in [-0.25, -0.2) is 4.99 Å². The molecule has 0 atom stereocenters. The first-order chi connectivity index (χ1) is 12.7. The Morgan fingerprint density at radius 1 is 1.07 bits per heavy atom. The van der Waals surface area contributed by atoms with Crippen LogP contribution in [0.15, 0.2) is 29.3 Å². The monoisotopic (exact) mass is 486 g/mol. The minimum absolute atomic E-state index is 0. The molecule has 2 aliphatic heterocycles. The van der Waals surface area contributed by atoms with Gasteiger partial charge >= 0.3 is 0 Å². The maximum atomic E-state index is 5.42. The molecule has 2 heterocycles. The summed E-state index contributed by atoms with van der Waals surface area (Å²) >= 11 is 0. The number of piperidine rings is 1. The van der Waals surface area contributed by atoms with E-state index in [-0.39, 0.29) is 24.0 Å². The molecular formula is C21H35IN4O. The zero-order valence-electron chi connectivity index (χ0n) is 16.8. The number of benzene rings is 1. The van der Waals surface area contributed by atoms with Crippen molar-refractivity contribution in [2.45, 2.75) is 39.8 Å². The van der Waals surface area contributed by atoms with Gasteiger partial charge in [0.15, 0.2) is 5.96 Å². The minimum Gasteiger partial charge on any atom is -0.379 e. The summed E-state index contributed by atoms with van der Waals surface area (Å²) in [6.45, 7) is 13.2. The van der Waals surface area contributed by atoms with Gasteiger partial charge < -0.3 is 15.0 Å². The molecule has 0 radical (unpaired) electrons. The van der Waals surface area contributed by atoms with E-state index in [9.17, 15) is 0 Å². The number of halogens is 1. The first kappa shape index (κ1) is 22.4. The molecule has 2 saturated heterocycles. The Hall–Kier alpha value is -0.860. The second-order valence-corrected chi connectivity index (χ2v) is 7.54. The zero-order valence-corrected chi connectivity index (χ0v) is 19.2. The lowest BCUT2D eigenvalue weighted by atomic mass is 10.00. The molecule has 0 unspecified atom stereocenters. The summed E-state index contributed by atoms with van der Waals surface area (Å²) in [4.78, 5) is 9.75. The molecule has 0 bridgehead atoms. The summed E-state index contributed by atoms with van der Waals surface area (Å²) < 4.78 is 5.42. The molecule has 2 fully saturated rings. The van der Waals surface area contributed by atoms with E-state index in [1.807, 2.05) is 0 Å². The number of morpholine rings is 1. The Balaban J connectivity index is 0.00000261. The van der Waals surface area contributed by atoms with Crippen molar-refractivity contribution in [3.63, 3.8) is 0 Å². The molecule has 1 N–H and O–H groups in total. The summed E-state index contributed by atoms with van der Waals surface area (Å²) in [5.74, 6) is 1.91. The second-order valence-electron chi connectivity index (χ2n) is 7.54. The Bertz CT molecular complexity index is 564. The molecule has 0 aromatic heterocycles. The van der Waals surface area contributed by atoms with Gasteiger partial charge in [-0.1, -0.05) is 31.2 Å². The molecule has 6 heteroatoms. The van der Waals surface area contributed by atoms with E-state index in [0.29, 0.717) is 0 Å². The second kappa shape index (κ2) is 11.9. The first-order valence-electron chi connectivity index (χ1n) is 10.2. The quantitative estimate of drug-likeness (QED) is 0.394. The van der Waals surface area contributed by atoms with Crippen molar-refractivity contribution < 1.29 is 4.74 Å². The molecule has 1 aromatic carbocycles. The summed E-state index contributed by atoms with van der Waals surface area (Å²) in [6, 6.07) is 8.94. The van der Waals surface area contributed by atoms with Crippen LogP contribution >= 0.6 is 24.0 Å². The molecule has 0 amide bonds. The average molecular weight is 486 g/mol. The Morgan fingerprint density at radius 3 is 2.33 bits per heavy atom. The topological polar surface area (TPSA) is 40.1 Å². The van der Waals surface area contributed by atoms with Gasteiger partial charge in [0.1, 0.15) is 0 Å². The van der Waals surface area contributed by atoms with Gasteiger partial charge in [0, 0.05) is 39.3 Å². The number of likely N-dealkylation sites (tertiary alicyclic amines) is 1. The van der Waals surface area contributed by atoms with Crippen LogP contribution < -0.4 is 5.32 Å². The van der Waals surface area contributed by atoms with Crippen LogP contribution in [0.2, 0.25) is 0 Å². The van der Waals surface area contributed by atoms with E-state index in [1.165, 1.54) is 24.0 Å². The maximum absolute atomic E-state index is 5.42. The van der Waals surface area contributed by atoms with Crippen LogP contribution in [0, 0.1) is 5.92 Å². The lowest BCUT2D eigenvalue weighted by Crippen LogP contribution is -2.45. The summed E-state index contributed by atoms with van der Waals surface area (Å²) in [6.07, 6.45) is 2.53. The third kappa shape index (κ3) is 7.23. The smallest absolute Gasteiger partial charge is 0.194 e. The molecule has 0 aliphatic carbocycles. The van der Waals surface area contributed by atoms with Crippen LogP contribution in [0.1, 0.15) is 37.8 Å². The number of rotatable bonds is 5. The number of aliphatic imine (C=N–C) groups is 1. The van der Waals surface area contributed by atoms with Gasteiger partial charge in [-0.05, 0) is 36.8 Å². The number of ether oxygens (including phenoxy) is 1. The maximum Gasteiger partial charge on any atom is 0.194 e. The number of hydrogen-bond acceptors (Lipinski definition) is 3. The number of nitrogens with zero attached hydrogens (tertiary/aromatic N) is 3. The summed E-state index contributed by atoms with van der Waals surface area (Å²) in [5, 5.41) is 3.46. The predicted octanol–water partition coefficient (Wildman–Crippen LogP) is 3.33. The van der Waals surface area contributed by atoms with Gasteiger partial charge in [-0.3, -0.25) is 4.90 Å². The van der Waals surface area contributed by atoms with Crippen LogP contribution in [0.25, 0.3) is 0 Å². The fourth-order valence-corrected chi connectivity index (χ4v) is 3.58. The molecule has 152 valence electrons. The van der Waals surface area contributed by atoms with Crippen molar-refractivity contribution in [2.75, 3.05) is 45.9 Å². The van der Waals surface area contributed by atoms with E-state index in [1.54, 1.807) is 0 Å². The van der Waals surface area contributed by atoms with Crippen LogP contribution in [0.3, 0.4) is 0 Å². The lowest BCUT2D eigenvalue weighted by Gasteiger charge is -2.33. The van der Waals surface area contributed by atoms with Gasteiger partial charge in [-0.15, -0.1) is 24.0 Å². The highest BCUT2D eigenvalue weighted by atomic mass is 127. The van der Waals surface area contributed by atoms with E-state index in [2.05, 4.69) is 53.2 Å². The fourth-order valence-electron chi connectivity index (χ4n) is 3.58. The van der Waals surface area contributed by atoms with Crippen LogP contribution in [0.5, 0.6) is 0 Å². The zero-order chi connectivity index (χ0) is 18.2. The van der Waals surface area contributed by atoms with Crippen LogP contribution in [-0.4, -0.2) is 61.7 Å². The third-order valence-electron chi connectivity index (χ3n) is 5.36. The van der Waals surface area contributed by atoms with Crippen molar-refractivity contribution >= 4 is 29.9 Å².